The molecule has 3 aromatic rings. The molecule has 0 bridgehead atoms. The predicted octanol–water partition coefficient (Wildman–Crippen LogP) is 0.113. The topological polar surface area (TPSA) is 164 Å². The van der Waals surface area contributed by atoms with Crippen molar-refractivity contribution in [1.29, 1.82) is 0 Å². The minimum atomic E-state index is -1.14. The van der Waals surface area contributed by atoms with Gasteiger partial charge in [-0.1, -0.05) is 0 Å². The van der Waals surface area contributed by atoms with Crippen molar-refractivity contribution in [2.24, 2.45) is 12.0 Å². The van der Waals surface area contributed by atoms with E-state index in [1.165, 1.54) is 42.7 Å². The molecule has 2 aliphatic heterocycles. The van der Waals surface area contributed by atoms with Gasteiger partial charge in [0.25, 0.3) is 5.91 Å². The van der Waals surface area contributed by atoms with Gasteiger partial charge in [-0.3, -0.25) is 14.7 Å². The lowest BCUT2D eigenvalue weighted by atomic mass is 10.1. The van der Waals surface area contributed by atoms with Crippen molar-refractivity contribution in [2.75, 3.05) is 21.1 Å². The summed E-state index contributed by atoms with van der Waals surface area (Å²) in [5.74, 6) is -2.28. The number of hydrogen-bond acceptors (Lipinski definition) is 9. The molecule has 0 spiro atoms. The molecule has 3 aromatic heterocycles. The van der Waals surface area contributed by atoms with Crippen LogP contribution >= 0.6 is 0 Å². The van der Waals surface area contributed by atoms with Crippen LogP contribution in [0.2, 0.25) is 0 Å². The van der Waals surface area contributed by atoms with Crippen LogP contribution in [0.1, 0.15) is 20.7 Å². The highest BCUT2D eigenvalue weighted by Crippen LogP contribution is 2.22. The Hall–Kier alpha value is -5.07. The molecular formula is C25H28N6O7. The van der Waals surface area contributed by atoms with Crippen LogP contribution in [0, 0.1) is 0 Å². The number of hydrogen-bond donors (Lipinski definition) is 1. The highest BCUT2D eigenvalue weighted by molar-refractivity contribution is 6.01. The Morgan fingerprint density at radius 3 is 2.16 bits per heavy atom. The number of aliphatic imine (C=N–C) groups is 1. The van der Waals surface area contributed by atoms with E-state index in [-0.39, 0.29) is 35.3 Å². The number of furan rings is 1. The first kappa shape index (κ1) is 29.2. The van der Waals surface area contributed by atoms with Crippen molar-refractivity contribution >= 4 is 30.2 Å². The van der Waals surface area contributed by atoms with Crippen LogP contribution in [0.5, 0.6) is 0 Å². The monoisotopic (exact) mass is 524 g/mol. The maximum atomic E-state index is 11.7. The minimum absolute atomic E-state index is 0.196. The first-order valence-electron chi connectivity index (χ1n) is 11.1. The van der Waals surface area contributed by atoms with Gasteiger partial charge in [-0.2, -0.15) is 0 Å². The molecule has 200 valence electrons. The van der Waals surface area contributed by atoms with Crippen LogP contribution in [0.4, 0.5) is 4.79 Å². The zero-order chi connectivity index (χ0) is 28.2. The molecular weight excluding hydrogens is 496 g/mol. The molecule has 2 atom stereocenters. The van der Waals surface area contributed by atoms with Crippen LogP contribution < -0.4 is 9.67 Å². The number of likely N-dealkylation sites (N-methyl/N-ethyl adjacent to an activating group) is 3. The number of carbonyl (C=O) groups is 4. The number of carboxylic acid groups (broad SMARTS) is 2. The lowest BCUT2D eigenvalue weighted by molar-refractivity contribution is -0.671. The first-order chi connectivity index (χ1) is 18.0. The van der Waals surface area contributed by atoms with Gasteiger partial charge in [0, 0.05) is 39.6 Å². The number of urea groups is 1. The summed E-state index contributed by atoms with van der Waals surface area (Å²) in [5.41, 5.74) is 0.419. The molecule has 0 radical (unpaired) electrons. The maximum absolute atomic E-state index is 11.7. The van der Waals surface area contributed by atoms with E-state index >= 15 is 0 Å². The van der Waals surface area contributed by atoms with Gasteiger partial charge in [0.05, 0.1) is 36.0 Å². The summed E-state index contributed by atoms with van der Waals surface area (Å²) in [4.78, 5) is 55.7. The Balaban J connectivity index is 0.000000188. The summed E-state index contributed by atoms with van der Waals surface area (Å²) >= 11 is 0. The summed E-state index contributed by atoms with van der Waals surface area (Å²) in [6, 6.07) is 9.24. The average molecular weight is 525 g/mol. The van der Waals surface area contributed by atoms with E-state index in [2.05, 4.69) is 14.4 Å². The number of aromatic nitrogens is 2. The van der Waals surface area contributed by atoms with Crippen molar-refractivity contribution in [2.45, 2.75) is 12.2 Å². The summed E-state index contributed by atoms with van der Waals surface area (Å²) in [6.07, 6.45) is 10.6. The van der Waals surface area contributed by atoms with Gasteiger partial charge in [-0.15, -0.1) is 0 Å². The Labute approximate surface area is 218 Å². The number of carboxylic acids is 2. The van der Waals surface area contributed by atoms with E-state index < -0.39 is 11.9 Å². The van der Waals surface area contributed by atoms with Crippen molar-refractivity contribution in [1.82, 2.24) is 19.7 Å². The fraction of sp³-hybridized carbons (Fsp3) is 0.240. The van der Waals surface area contributed by atoms with Crippen LogP contribution in [-0.4, -0.2) is 88.4 Å². The molecule has 5 heterocycles. The Morgan fingerprint density at radius 1 is 1.05 bits per heavy atom. The summed E-state index contributed by atoms with van der Waals surface area (Å²) in [7, 11) is 6.68. The smallest absolute Gasteiger partial charge is 0.337 e. The molecule has 0 aromatic carbocycles. The normalized spacial score (nSPS) is 17.2. The van der Waals surface area contributed by atoms with Crippen LogP contribution in [0.25, 0.3) is 0 Å². The molecule has 5 rings (SSSR count). The number of aryl methyl sites for hydroxylation is 1. The quantitative estimate of drug-likeness (QED) is 0.458. The number of pyridine rings is 2. The molecule has 2 unspecified atom stereocenters. The standard InChI is InChI=1S/C8H12N4O2.C7H7NO2.C6H5NO2.C4H4O/c1-10-4-9-6-5(10)7(13)12(3)8(14)11(6)2;1-8-4-2-3-6(5-8)7(9)10;8-6(9)5-2-1-3-7-4-5;1-2-4-5-3-1/h4-6H,1-3H3;2-5H,1H3;1-4H,(H,8,9);1-4H. The van der Waals surface area contributed by atoms with Crippen LogP contribution in [0.3, 0.4) is 0 Å². The minimum Gasteiger partial charge on any atom is -0.545 e. The molecule has 0 saturated carbocycles. The molecule has 13 heteroatoms. The summed E-state index contributed by atoms with van der Waals surface area (Å²) in [5, 5.41) is 18.6. The highest BCUT2D eigenvalue weighted by atomic mass is 16.4. The van der Waals surface area contributed by atoms with E-state index in [0.717, 1.165) is 4.90 Å². The lowest BCUT2D eigenvalue weighted by Gasteiger charge is -2.38. The number of nitrogens with zero attached hydrogens (tertiary/aromatic N) is 6. The largest absolute Gasteiger partial charge is 0.545 e. The Morgan fingerprint density at radius 2 is 1.71 bits per heavy atom. The summed E-state index contributed by atoms with van der Waals surface area (Å²) < 4.78 is 6.24. The van der Waals surface area contributed by atoms with E-state index in [9.17, 15) is 24.3 Å². The first-order valence-corrected chi connectivity index (χ1v) is 11.1. The second kappa shape index (κ2) is 13.9. The van der Waals surface area contributed by atoms with Crippen molar-refractivity contribution in [3.8, 4) is 0 Å². The number of amides is 3. The van der Waals surface area contributed by atoms with Gasteiger partial charge >= 0.3 is 12.0 Å². The van der Waals surface area contributed by atoms with Gasteiger partial charge in [-0.25, -0.2) is 19.1 Å². The third-order valence-electron chi connectivity index (χ3n) is 5.20. The SMILES string of the molecule is CN1C(=O)C2C(N=CN2C)N(C)C1=O.C[n+]1cccc(C(=O)[O-])c1.O=C(O)c1cccnc1.c1ccoc1. The van der Waals surface area contributed by atoms with Crippen molar-refractivity contribution in [3.05, 3.63) is 84.8 Å². The summed E-state index contributed by atoms with van der Waals surface area (Å²) in [6.45, 7) is 0. The highest BCUT2D eigenvalue weighted by Gasteiger charge is 2.47. The number of carbonyl (C=O) groups excluding carboxylic acids is 3. The zero-order valence-corrected chi connectivity index (χ0v) is 21.2. The van der Waals surface area contributed by atoms with Crippen LogP contribution in [0.15, 0.2) is 83.1 Å². The molecule has 13 nitrogen and oxygen atoms in total. The molecule has 3 amide bonds. The van der Waals surface area contributed by atoms with Gasteiger partial charge < -0.3 is 29.2 Å². The number of fused-ring (bicyclic) bond motifs is 1. The third-order valence-corrected chi connectivity index (χ3v) is 5.20. The lowest BCUT2D eigenvalue weighted by Crippen LogP contribution is -2.63. The van der Waals surface area contributed by atoms with E-state index in [4.69, 9.17) is 5.11 Å². The van der Waals surface area contributed by atoms with Crippen LogP contribution in [-0.2, 0) is 11.8 Å². The van der Waals surface area contributed by atoms with Gasteiger partial charge in [0.1, 0.15) is 7.05 Å². The van der Waals surface area contributed by atoms with Crippen molar-refractivity contribution in [3.63, 3.8) is 0 Å². The number of rotatable bonds is 2. The Bertz CT molecular complexity index is 1230. The molecule has 1 N–H and O–H groups in total. The average Bonchev–Trinajstić information content (AvgIpc) is 3.61. The van der Waals surface area contributed by atoms with Gasteiger partial charge in [-0.05, 0) is 30.3 Å². The molecule has 1 saturated heterocycles. The van der Waals surface area contributed by atoms with Gasteiger partial charge in [0.15, 0.2) is 24.6 Å². The van der Waals surface area contributed by atoms with Crippen molar-refractivity contribution < 1.29 is 38.4 Å². The third kappa shape index (κ3) is 7.98. The fourth-order valence-electron chi connectivity index (χ4n) is 3.22. The molecule has 2 aliphatic rings. The number of aromatic carboxylic acids is 2. The van der Waals surface area contributed by atoms with Gasteiger partial charge in [0.2, 0.25) is 0 Å². The maximum Gasteiger partial charge on any atom is 0.337 e. The number of imide groups is 1. The molecule has 1 fully saturated rings. The predicted molar refractivity (Wildman–Crippen MR) is 132 cm³/mol. The molecule has 38 heavy (non-hydrogen) atoms. The zero-order valence-electron chi connectivity index (χ0n) is 21.2. The second-order valence-corrected chi connectivity index (χ2v) is 7.96. The fourth-order valence-corrected chi connectivity index (χ4v) is 3.22. The molecule has 0 aliphatic carbocycles. The second-order valence-electron chi connectivity index (χ2n) is 7.96. The van der Waals surface area contributed by atoms with E-state index in [0.29, 0.717) is 0 Å². The Kier molecular flexibility index (Phi) is 10.6. The van der Waals surface area contributed by atoms with E-state index in [1.807, 2.05) is 12.1 Å². The van der Waals surface area contributed by atoms with E-state index in [1.54, 1.807) is 67.8 Å².